The summed E-state index contributed by atoms with van der Waals surface area (Å²) in [5.74, 6) is 1.97. The van der Waals surface area contributed by atoms with Crippen molar-refractivity contribution in [1.29, 1.82) is 0 Å². The number of fused-ring (bicyclic) bond motifs is 1. The molecule has 1 aliphatic heterocycles. The van der Waals surface area contributed by atoms with Gasteiger partial charge in [-0.2, -0.15) is 0 Å². The lowest BCUT2D eigenvalue weighted by atomic mass is 9.71. The molecule has 2 rings (SSSR count). The summed E-state index contributed by atoms with van der Waals surface area (Å²) in [7, 11) is 2.23. The first-order valence-corrected chi connectivity index (χ1v) is 6.96. The number of rotatable bonds is 1. The minimum absolute atomic E-state index is 0.110. The minimum atomic E-state index is 0.110. The summed E-state index contributed by atoms with van der Waals surface area (Å²) >= 11 is 1.84. The molecular formula is C13H21BO2S. The van der Waals surface area contributed by atoms with Gasteiger partial charge in [-0.1, -0.05) is 34.6 Å². The fourth-order valence-electron chi connectivity index (χ4n) is 1.94. The van der Waals surface area contributed by atoms with Gasteiger partial charge in [-0.15, -0.1) is 11.3 Å². The predicted octanol–water partition coefficient (Wildman–Crippen LogP) is 2.69. The molecule has 2 heterocycles. The molecule has 0 fully saturated rings. The standard InChI is InChI=1S/C13H21BO2S/c1-12(2,3)10-8-9(16-7-6-15-8)11(17-10)13(4,5)14/h6-7,14H2,1-5H3. The third kappa shape index (κ3) is 2.32. The van der Waals surface area contributed by atoms with Crippen molar-refractivity contribution < 1.29 is 9.47 Å². The van der Waals surface area contributed by atoms with E-state index in [0.29, 0.717) is 13.2 Å². The molecule has 0 unspecified atom stereocenters. The smallest absolute Gasteiger partial charge is 0.176 e. The molecule has 0 N–H and O–H groups in total. The second-order valence-corrected chi connectivity index (χ2v) is 7.64. The molecular weight excluding hydrogens is 231 g/mol. The van der Waals surface area contributed by atoms with E-state index < -0.39 is 0 Å². The van der Waals surface area contributed by atoms with E-state index in [1.807, 2.05) is 11.3 Å². The monoisotopic (exact) mass is 252 g/mol. The van der Waals surface area contributed by atoms with Gasteiger partial charge in [0.1, 0.15) is 21.1 Å². The highest BCUT2D eigenvalue weighted by Gasteiger charge is 2.34. The Kier molecular flexibility index (Phi) is 2.97. The van der Waals surface area contributed by atoms with Gasteiger partial charge in [0.2, 0.25) is 0 Å². The molecule has 0 saturated carbocycles. The highest BCUT2D eigenvalue weighted by molar-refractivity contribution is 7.13. The molecule has 1 aromatic rings. The quantitative estimate of drug-likeness (QED) is 0.715. The normalized spacial score (nSPS) is 16.1. The SMILES string of the molecule is BC(C)(C)c1sc(C(C)(C)C)c2c1OCCO2. The zero-order valence-corrected chi connectivity index (χ0v) is 12.5. The molecule has 0 aromatic carbocycles. The minimum Gasteiger partial charge on any atom is -0.485 e. The summed E-state index contributed by atoms with van der Waals surface area (Å²) in [5, 5.41) is 0.110. The van der Waals surface area contributed by atoms with Crippen LogP contribution in [0.25, 0.3) is 0 Å². The maximum Gasteiger partial charge on any atom is 0.176 e. The molecule has 17 heavy (non-hydrogen) atoms. The van der Waals surface area contributed by atoms with E-state index in [0.717, 1.165) is 11.5 Å². The Labute approximate surface area is 109 Å². The van der Waals surface area contributed by atoms with Crippen molar-refractivity contribution in [2.75, 3.05) is 13.2 Å². The zero-order valence-electron chi connectivity index (χ0n) is 11.6. The van der Waals surface area contributed by atoms with Crippen molar-refractivity contribution in [3.8, 4) is 11.5 Å². The Morgan fingerprint density at radius 3 is 1.82 bits per heavy atom. The average Bonchev–Trinajstić information content (AvgIpc) is 2.55. The number of thiophene rings is 1. The summed E-state index contributed by atoms with van der Waals surface area (Å²) in [6.45, 7) is 12.5. The molecule has 0 radical (unpaired) electrons. The third-order valence-electron chi connectivity index (χ3n) is 2.76. The van der Waals surface area contributed by atoms with E-state index in [1.54, 1.807) is 0 Å². The first-order chi connectivity index (χ1) is 7.71. The number of hydrogen-bond acceptors (Lipinski definition) is 3. The molecule has 2 nitrogen and oxygen atoms in total. The van der Waals surface area contributed by atoms with Crippen LogP contribution in [0.3, 0.4) is 0 Å². The largest absolute Gasteiger partial charge is 0.485 e. The summed E-state index contributed by atoms with van der Waals surface area (Å²) < 4.78 is 11.7. The first kappa shape index (κ1) is 12.8. The summed E-state index contributed by atoms with van der Waals surface area (Å²) in [6.07, 6.45) is 0. The number of hydrogen-bond donors (Lipinski definition) is 0. The molecule has 1 aliphatic rings. The molecule has 0 spiro atoms. The fraction of sp³-hybridized carbons (Fsp3) is 0.692. The lowest BCUT2D eigenvalue weighted by Crippen LogP contribution is -2.20. The molecule has 4 heteroatoms. The van der Waals surface area contributed by atoms with Gasteiger partial charge in [-0.3, -0.25) is 0 Å². The summed E-state index contributed by atoms with van der Waals surface area (Å²) in [5.41, 5.74) is 0.110. The van der Waals surface area contributed by atoms with Crippen LogP contribution in [0.5, 0.6) is 11.5 Å². The van der Waals surface area contributed by atoms with E-state index in [2.05, 4.69) is 42.5 Å². The Morgan fingerprint density at radius 1 is 0.941 bits per heavy atom. The molecule has 0 aliphatic carbocycles. The van der Waals surface area contributed by atoms with Gasteiger partial charge in [-0.25, -0.2) is 0 Å². The second-order valence-electron chi connectivity index (χ2n) is 6.62. The van der Waals surface area contributed by atoms with E-state index in [4.69, 9.17) is 9.47 Å². The molecule has 1 aromatic heterocycles. The fourth-order valence-corrected chi connectivity index (χ4v) is 3.24. The summed E-state index contributed by atoms with van der Waals surface area (Å²) in [6, 6.07) is 0. The van der Waals surface area contributed by atoms with Gasteiger partial charge in [-0.05, 0) is 5.31 Å². The zero-order chi connectivity index (χ0) is 12.8. The van der Waals surface area contributed by atoms with Crippen molar-refractivity contribution in [3.05, 3.63) is 9.75 Å². The maximum absolute atomic E-state index is 5.84. The molecule has 0 amide bonds. The Balaban J connectivity index is 2.60. The molecule has 0 atom stereocenters. The van der Waals surface area contributed by atoms with Gasteiger partial charge in [0.15, 0.2) is 11.5 Å². The van der Waals surface area contributed by atoms with Crippen molar-refractivity contribution in [2.45, 2.75) is 45.3 Å². The van der Waals surface area contributed by atoms with Gasteiger partial charge in [0.05, 0.1) is 4.88 Å². The van der Waals surface area contributed by atoms with E-state index in [1.165, 1.54) is 9.75 Å². The van der Waals surface area contributed by atoms with Gasteiger partial charge < -0.3 is 9.47 Å². The van der Waals surface area contributed by atoms with Crippen LogP contribution in [0, 0.1) is 0 Å². The van der Waals surface area contributed by atoms with Crippen LogP contribution in [0.1, 0.15) is 44.4 Å². The third-order valence-corrected chi connectivity index (χ3v) is 4.77. The van der Waals surface area contributed by atoms with Gasteiger partial charge >= 0.3 is 0 Å². The summed E-state index contributed by atoms with van der Waals surface area (Å²) in [4.78, 5) is 2.61. The highest BCUT2D eigenvalue weighted by Crippen LogP contribution is 2.51. The van der Waals surface area contributed by atoms with Gasteiger partial charge in [0, 0.05) is 10.3 Å². The van der Waals surface area contributed by atoms with Crippen LogP contribution < -0.4 is 9.47 Å². The van der Waals surface area contributed by atoms with Crippen molar-refractivity contribution in [1.82, 2.24) is 0 Å². The Morgan fingerprint density at radius 2 is 1.41 bits per heavy atom. The van der Waals surface area contributed by atoms with Crippen LogP contribution in [0.2, 0.25) is 0 Å². The topological polar surface area (TPSA) is 18.5 Å². The highest BCUT2D eigenvalue weighted by atomic mass is 32.1. The van der Waals surface area contributed by atoms with E-state index >= 15 is 0 Å². The van der Waals surface area contributed by atoms with Crippen LogP contribution in [0.15, 0.2) is 0 Å². The number of ether oxygens (including phenoxy) is 2. The predicted molar refractivity (Wildman–Crippen MR) is 75.6 cm³/mol. The van der Waals surface area contributed by atoms with Crippen molar-refractivity contribution in [3.63, 3.8) is 0 Å². The maximum atomic E-state index is 5.84. The van der Waals surface area contributed by atoms with Gasteiger partial charge in [0.25, 0.3) is 0 Å². The Hall–Kier alpha value is -0.635. The van der Waals surface area contributed by atoms with Crippen molar-refractivity contribution in [2.24, 2.45) is 0 Å². The molecule has 0 bridgehead atoms. The lowest BCUT2D eigenvalue weighted by Gasteiger charge is -2.23. The first-order valence-electron chi connectivity index (χ1n) is 6.14. The molecule has 94 valence electrons. The van der Waals surface area contributed by atoms with Crippen molar-refractivity contribution >= 4 is 19.2 Å². The average molecular weight is 252 g/mol. The van der Waals surface area contributed by atoms with Crippen LogP contribution in [-0.4, -0.2) is 21.1 Å². The van der Waals surface area contributed by atoms with Crippen LogP contribution in [-0.2, 0) is 10.7 Å². The molecule has 0 saturated heterocycles. The van der Waals surface area contributed by atoms with Crippen LogP contribution in [0.4, 0.5) is 0 Å². The lowest BCUT2D eigenvalue weighted by molar-refractivity contribution is 0.168. The second kappa shape index (κ2) is 3.94. The van der Waals surface area contributed by atoms with E-state index in [9.17, 15) is 0 Å². The van der Waals surface area contributed by atoms with Crippen LogP contribution >= 0.6 is 11.3 Å². The Bertz CT molecular complexity index is 385. The van der Waals surface area contributed by atoms with E-state index in [-0.39, 0.29) is 10.7 Å².